The monoisotopic (exact) mass is 374 g/mol. The fraction of sp³-hybridized carbons (Fsp3) is 0.526. The van der Waals surface area contributed by atoms with Crippen LogP contribution in [0, 0.1) is 0 Å². The maximum atomic E-state index is 12.7. The summed E-state index contributed by atoms with van der Waals surface area (Å²) >= 11 is 1.44. The number of rotatable bonds is 5. The van der Waals surface area contributed by atoms with Crippen LogP contribution in [-0.4, -0.2) is 48.5 Å². The number of carbonyl (C=O) groups excluding carboxylic acids is 1. The summed E-state index contributed by atoms with van der Waals surface area (Å²) in [5.41, 5.74) is 0.897. The summed E-state index contributed by atoms with van der Waals surface area (Å²) in [5.74, 6) is 1.53. The van der Waals surface area contributed by atoms with Gasteiger partial charge in [-0.25, -0.2) is 0 Å². The van der Waals surface area contributed by atoms with Gasteiger partial charge in [0.15, 0.2) is 11.0 Å². The molecule has 140 valence electrons. The first-order valence-electron chi connectivity index (χ1n) is 9.17. The molecule has 2 heterocycles. The number of aromatic hydroxyl groups is 1. The Bertz CT molecular complexity index is 749. The number of piperidine rings is 1. The Morgan fingerprint density at radius 1 is 1.19 bits per heavy atom. The van der Waals surface area contributed by atoms with E-state index in [9.17, 15) is 9.90 Å². The minimum absolute atomic E-state index is 0.173. The van der Waals surface area contributed by atoms with Crippen LogP contribution in [0.3, 0.4) is 0 Å². The summed E-state index contributed by atoms with van der Waals surface area (Å²) in [6.45, 7) is 7.02. The molecule has 1 saturated heterocycles. The van der Waals surface area contributed by atoms with Gasteiger partial charge in [0.1, 0.15) is 5.75 Å². The van der Waals surface area contributed by atoms with Crippen LogP contribution in [0.2, 0.25) is 0 Å². The van der Waals surface area contributed by atoms with Crippen LogP contribution < -0.4 is 0 Å². The van der Waals surface area contributed by atoms with E-state index in [1.807, 2.05) is 28.5 Å². The molecular weight excluding hydrogens is 348 g/mol. The lowest BCUT2D eigenvalue weighted by Gasteiger charge is -2.39. The van der Waals surface area contributed by atoms with Crippen molar-refractivity contribution in [1.82, 2.24) is 19.7 Å². The number of aromatic nitrogens is 3. The summed E-state index contributed by atoms with van der Waals surface area (Å²) in [7, 11) is 0. The molecule has 1 aromatic heterocycles. The zero-order valence-electron chi connectivity index (χ0n) is 15.6. The maximum Gasteiger partial charge on any atom is 0.233 e. The molecule has 6 nitrogen and oxygen atoms in total. The lowest BCUT2D eigenvalue weighted by Crippen LogP contribution is -2.48. The molecule has 0 bridgehead atoms. The predicted molar refractivity (Wildman–Crippen MR) is 103 cm³/mol. The molecule has 0 aliphatic carbocycles. The number of thioether (sulfide) groups is 1. The lowest BCUT2D eigenvalue weighted by atomic mass is 9.98. The number of hydrogen-bond acceptors (Lipinski definition) is 5. The van der Waals surface area contributed by atoms with E-state index in [1.165, 1.54) is 18.2 Å². The Labute approximate surface area is 158 Å². The van der Waals surface area contributed by atoms with Gasteiger partial charge in [0, 0.05) is 24.2 Å². The number of carbonyl (C=O) groups is 1. The van der Waals surface area contributed by atoms with Crippen molar-refractivity contribution in [3.8, 4) is 17.1 Å². The smallest absolute Gasteiger partial charge is 0.233 e. The average Bonchev–Trinajstić information content (AvgIpc) is 3.03. The van der Waals surface area contributed by atoms with E-state index in [0.717, 1.165) is 35.9 Å². The molecule has 0 saturated carbocycles. The first kappa shape index (κ1) is 18.8. The molecule has 2 atom stereocenters. The Balaban J connectivity index is 1.72. The van der Waals surface area contributed by atoms with Crippen molar-refractivity contribution in [2.75, 3.05) is 5.75 Å². The Morgan fingerprint density at radius 2 is 1.85 bits per heavy atom. The maximum absolute atomic E-state index is 12.7. The third kappa shape index (κ3) is 3.87. The highest BCUT2D eigenvalue weighted by atomic mass is 32.2. The molecule has 1 N–H and O–H groups in total. The molecular formula is C19H26N4O2S. The zero-order chi connectivity index (χ0) is 18.7. The van der Waals surface area contributed by atoms with Crippen LogP contribution in [-0.2, 0) is 11.3 Å². The van der Waals surface area contributed by atoms with E-state index in [2.05, 4.69) is 24.0 Å². The van der Waals surface area contributed by atoms with Gasteiger partial charge in [0.05, 0.1) is 5.75 Å². The molecule has 1 aromatic carbocycles. The van der Waals surface area contributed by atoms with Crippen LogP contribution in [0.1, 0.15) is 40.0 Å². The van der Waals surface area contributed by atoms with Crippen molar-refractivity contribution in [2.45, 2.75) is 63.8 Å². The first-order chi connectivity index (χ1) is 12.5. The van der Waals surface area contributed by atoms with Gasteiger partial charge in [0.25, 0.3) is 0 Å². The van der Waals surface area contributed by atoms with Gasteiger partial charge in [-0.1, -0.05) is 11.8 Å². The molecule has 0 unspecified atom stereocenters. The lowest BCUT2D eigenvalue weighted by molar-refractivity contribution is -0.134. The Kier molecular flexibility index (Phi) is 5.86. The first-order valence-corrected chi connectivity index (χ1v) is 10.2. The van der Waals surface area contributed by atoms with Gasteiger partial charge in [0.2, 0.25) is 5.91 Å². The van der Waals surface area contributed by atoms with Gasteiger partial charge >= 0.3 is 0 Å². The molecule has 1 aliphatic heterocycles. The summed E-state index contributed by atoms with van der Waals surface area (Å²) in [6, 6.07) is 7.54. The number of phenols is 1. The Hall–Kier alpha value is -2.02. The van der Waals surface area contributed by atoms with Crippen LogP contribution in [0.4, 0.5) is 0 Å². The van der Waals surface area contributed by atoms with Crippen molar-refractivity contribution in [1.29, 1.82) is 0 Å². The highest BCUT2D eigenvalue weighted by molar-refractivity contribution is 7.99. The SMILES string of the molecule is CCn1c(SCC(=O)N2[C@H](C)CCC[C@H]2C)nnc1-c1ccc(O)cc1. The van der Waals surface area contributed by atoms with E-state index in [1.54, 1.807) is 12.1 Å². The Morgan fingerprint density at radius 3 is 2.46 bits per heavy atom. The van der Waals surface area contributed by atoms with Gasteiger partial charge in [-0.3, -0.25) is 4.79 Å². The van der Waals surface area contributed by atoms with Gasteiger partial charge in [-0.2, -0.15) is 0 Å². The number of phenolic OH excluding ortho intramolecular Hbond substituents is 1. The van der Waals surface area contributed by atoms with E-state index in [0.29, 0.717) is 17.8 Å². The number of hydrogen-bond donors (Lipinski definition) is 1. The standard InChI is InChI=1S/C19H26N4O2S/c1-4-22-18(15-8-10-16(24)11-9-15)20-21-19(22)26-12-17(25)23-13(2)6-5-7-14(23)3/h8-11,13-14,24H,4-7,12H2,1-3H3/t13-,14-/m1/s1. The number of benzene rings is 1. The van der Waals surface area contributed by atoms with Gasteiger partial charge in [-0.15, -0.1) is 10.2 Å². The summed E-state index contributed by atoms with van der Waals surface area (Å²) in [6.07, 6.45) is 3.35. The van der Waals surface area contributed by atoms with E-state index in [4.69, 9.17) is 0 Å². The zero-order valence-corrected chi connectivity index (χ0v) is 16.4. The molecule has 3 rings (SSSR count). The minimum atomic E-state index is 0.173. The topological polar surface area (TPSA) is 71.2 Å². The third-order valence-corrected chi connectivity index (χ3v) is 5.92. The normalized spacial score (nSPS) is 20.3. The number of likely N-dealkylation sites (tertiary alicyclic amines) is 1. The van der Waals surface area contributed by atoms with Crippen molar-refractivity contribution >= 4 is 17.7 Å². The highest BCUT2D eigenvalue weighted by Gasteiger charge is 2.29. The molecule has 0 spiro atoms. The molecule has 1 amide bonds. The van der Waals surface area contributed by atoms with Crippen molar-refractivity contribution in [2.24, 2.45) is 0 Å². The van der Waals surface area contributed by atoms with Crippen LogP contribution in [0.25, 0.3) is 11.4 Å². The van der Waals surface area contributed by atoms with E-state index >= 15 is 0 Å². The van der Waals surface area contributed by atoms with Crippen molar-refractivity contribution in [3.05, 3.63) is 24.3 Å². The van der Waals surface area contributed by atoms with Crippen molar-refractivity contribution < 1.29 is 9.90 Å². The molecule has 2 aromatic rings. The van der Waals surface area contributed by atoms with Crippen LogP contribution in [0.5, 0.6) is 5.75 Å². The number of nitrogens with zero attached hydrogens (tertiary/aromatic N) is 4. The summed E-state index contributed by atoms with van der Waals surface area (Å²) in [4.78, 5) is 14.8. The second-order valence-electron chi connectivity index (χ2n) is 6.82. The minimum Gasteiger partial charge on any atom is -0.508 e. The molecule has 7 heteroatoms. The van der Waals surface area contributed by atoms with Gasteiger partial charge < -0.3 is 14.6 Å². The predicted octanol–water partition coefficient (Wildman–Crippen LogP) is 3.55. The number of amides is 1. The van der Waals surface area contributed by atoms with Crippen LogP contribution in [0.15, 0.2) is 29.4 Å². The largest absolute Gasteiger partial charge is 0.508 e. The summed E-state index contributed by atoms with van der Waals surface area (Å²) in [5, 5.41) is 18.8. The average molecular weight is 375 g/mol. The van der Waals surface area contributed by atoms with Gasteiger partial charge in [-0.05, 0) is 64.3 Å². The fourth-order valence-corrected chi connectivity index (χ4v) is 4.49. The fourth-order valence-electron chi connectivity index (χ4n) is 3.62. The highest BCUT2D eigenvalue weighted by Crippen LogP contribution is 2.27. The molecule has 0 radical (unpaired) electrons. The van der Waals surface area contributed by atoms with E-state index in [-0.39, 0.29) is 11.7 Å². The second kappa shape index (κ2) is 8.12. The quantitative estimate of drug-likeness (QED) is 0.811. The van der Waals surface area contributed by atoms with Crippen LogP contribution >= 0.6 is 11.8 Å². The molecule has 1 fully saturated rings. The molecule has 1 aliphatic rings. The van der Waals surface area contributed by atoms with Crippen molar-refractivity contribution in [3.63, 3.8) is 0 Å². The molecule has 26 heavy (non-hydrogen) atoms. The summed E-state index contributed by atoms with van der Waals surface area (Å²) < 4.78 is 2.01. The second-order valence-corrected chi connectivity index (χ2v) is 7.76. The van der Waals surface area contributed by atoms with E-state index < -0.39 is 0 Å². The third-order valence-electron chi connectivity index (χ3n) is 4.96.